The van der Waals surface area contributed by atoms with E-state index in [4.69, 9.17) is 4.74 Å². The van der Waals surface area contributed by atoms with Gasteiger partial charge in [0.25, 0.3) is 0 Å². The van der Waals surface area contributed by atoms with Crippen LogP contribution < -0.4 is 4.74 Å². The van der Waals surface area contributed by atoms with Crippen molar-refractivity contribution >= 4 is 0 Å². The van der Waals surface area contributed by atoms with Crippen LogP contribution in [0.2, 0.25) is 0 Å². The zero-order chi connectivity index (χ0) is 14.4. The Hall–Kier alpha value is -1.87. The molecule has 20 heavy (non-hydrogen) atoms. The summed E-state index contributed by atoms with van der Waals surface area (Å²) in [5.74, 6) is 0.528. The van der Waals surface area contributed by atoms with Gasteiger partial charge in [0.2, 0.25) is 0 Å². The van der Waals surface area contributed by atoms with E-state index in [1.807, 2.05) is 37.3 Å². The van der Waals surface area contributed by atoms with E-state index in [1.54, 1.807) is 6.07 Å². The molecule has 0 aliphatic heterocycles. The number of ether oxygens (including phenoxy) is 1. The number of benzene rings is 2. The Morgan fingerprint density at radius 3 is 2.65 bits per heavy atom. The summed E-state index contributed by atoms with van der Waals surface area (Å²) in [7, 11) is 0. The summed E-state index contributed by atoms with van der Waals surface area (Å²) >= 11 is 0. The molecular formula is C17H19FO2. The molecule has 0 bridgehead atoms. The van der Waals surface area contributed by atoms with Gasteiger partial charge in [0.1, 0.15) is 11.6 Å². The topological polar surface area (TPSA) is 29.5 Å². The third kappa shape index (κ3) is 4.35. The van der Waals surface area contributed by atoms with E-state index in [0.717, 1.165) is 16.9 Å². The molecule has 1 unspecified atom stereocenters. The van der Waals surface area contributed by atoms with Gasteiger partial charge in [0.15, 0.2) is 0 Å². The Morgan fingerprint density at radius 2 is 1.90 bits per heavy atom. The fourth-order valence-corrected chi connectivity index (χ4v) is 2.05. The second kappa shape index (κ2) is 7.06. The highest BCUT2D eigenvalue weighted by Gasteiger charge is 2.09. The number of aryl methyl sites for hydroxylation is 1. The van der Waals surface area contributed by atoms with Crippen LogP contribution in [0.1, 0.15) is 17.5 Å². The third-order valence-corrected chi connectivity index (χ3v) is 3.23. The molecule has 2 aromatic carbocycles. The van der Waals surface area contributed by atoms with E-state index in [9.17, 15) is 9.50 Å². The predicted octanol–water partition coefficient (Wildman–Crippen LogP) is 3.51. The molecule has 0 aliphatic carbocycles. The van der Waals surface area contributed by atoms with Gasteiger partial charge < -0.3 is 9.84 Å². The Labute approximate surface area is 118 Å². The highest BCUT2D eigenvalue weighted by molar-refractivity contribution is 5.27. The number of aliphatic hydroxyl groups excluding tert-OH is 1. The number of aliphatic hydroxyl groups is 1. The lowest BCUT2D eigenvalue weighted by Crippen LogP contribution is -2.15. The van der Waals surface area contributed by atoms with Crippen molar-refractivity contribution in [3.05, 3.63) is 65.5 Å². The molecule has 3 heteroatoms. The molecular weight excluding hydrogens is 255 g/mol. The van der Waals surface area contributed by atoms with E-state index in [1.165, 1.54) is 12.1 Å². The van der Waals surface area contributed by atoms with Crippen molar-refractivity contribution in [1.82, 2.24) is 0 Å². The van der Waals surface area contributed by atoms with Crippen molar-refractivity contribution in [1.29, 1.82) is 0 Å². The fraction of sp³-hybridized carbons (Fsp3) is 0.294. The van der Waals surface area contributed by atoms with Crippen molar-refractivity contribution in [2.24, 2.45) is 0 Å². The normalized spacial score (nSPS) is 12.2. The summed E-state index contributed by atoms with van der Waals surface area (Å²) in [5, 5.41) is 9.99. The van der Waals surface area contributed by atoms with Gasteiger partial charge in [-0.15, -0.1) is 0 Å². The monoisotopic (exact) mass is 274 g/mol. The van der Waals surface area contributed by atoms with Crippen LogP contribution in [0.4, 0.5) is 4.39 Å². The standard InChI is InChI=1S/C17H19FO2/c1-13-7-8-15(18)11-14(13)12-16(19)9-10-20-17-5-3-2-4-6-17/h2-8,11,16,19H,9-10,12H2,1H3. The molecule has 0 heterocycles. The van der Waals surface area contributed by atoms with E-state index < -0.39 is 6.10 Å². The number of hydrogen-bond acceptors (Lipinski definition) is 2. The highest BCUT2D eigenvalue weighted by Crippen LogP contribution is 2.14. The smallest absolute Gasteiger partial charge is 0.123 e. The average Bonchev–Trinajstić information content (AvgIpc) is 2.44. The van der Waals surface area contributed by atoms with Crippen molar-refractivity contribution in [3.63, 3.8) is 0 Å². The van der Waals surface area contributed by atoms with Gasteiger partial charge in [-0.1, -0.05) is 24.3 Å². The van der Waals surface area contributed by atoms with Gasteiger partial charge in [-0.05, 0) is 48.7 Å². The maximum absolute atomic E-state index is 13.2. The molecule has 0 saturated carbocycles. The lowest BCUT2D eigenvalue weighted by molar-refractivity contribution is 0.139. The molecule has 2 aromatic rings. The summed E-state index contributed by atoms with van der Waals surface area (Å²) in [6.07, 6.45) is 0.436. The Balaban J connectivity index is 1.80. The quantitative estimate of drug-likeness (QED) is 0.873. The third-order valence-electron chi connectivity index (χ3n) is 3.23. The zero-order valence-corrected chi connectivity index (χ0v) is 11.6. The van der Waals surface area contributed by atoms with Crippen molar-refractivity contribution in [2.45, 2.75) is 25.9 Å². The van der Waals surface area contributed by atoms with Gasteiger partial charge in [0, 0.05) is 6.42 Å². The Bertz CT molecular complexity index is 540. The SMILES string of the molecule is Cc1ccc(F)cc1CC(O)CCOc1ccccc1. The molecule has 2 rings (SSSR count). The van der Waals surface area contributed by atoms with Crippen LogP contribution in [0.5, 0.6) is 5.75 Å². The highest BCUT2D eigenvalue weighted by atomic mass is 19.1. The first-order valence-electron chi connectivity index (χ1n) is 6.76. The molecule has 0 aliphatic rings. The summed E-state index contributed by atoms with van der Waals surface area (Å²) < 4.78 is 18.7. The summed E-state index contributed by atoms with van der Waals surface area (Å²) in [6.45, 7) is 2.36. The second-order valence-electron chi connectivity index (χ2n) is 4.88. The first-order valence-corrected chi connectivity index (χ1v) is 6.76. The van der Waals surface area contributed by atoms with Crippen LogP contribution in [0.15, 0.2) is 48.5 Å². The zero-order valence-electron chi connectivity index (χ0n) is 11.6. The molecule has 1 N–H and O–H groups in total. The van der Waals surface area contributed by atoms with Crippen molar-refractivity contribution in [2.75, 3.05) is 6.61 Å². The average molecular weight is 274 g/mol. The maximum atomic E-state index is 13.2. The second-order valence-corrected chi connectivity index (χ2v) is 4.88. The molecule has 0 aromatic heterocycles. The minimum atomic E-state index is -0.529. The number of para-hydroxylation sites is 1. The van der Waals surface area contributed by atoms with E-state index in [0.29, 0.717) is 19.4 Å². The molecule has 1 atom stereocenters. The Morgan fingerprint density at radius 1 is 1.15 bits per heavy atom. The first kappa shape index (κ1) is 14.5. The molecule has 0 saturated heterocycles. The summed E-state index contributed by atoms with van der Waals surface area (Å²) in [6, 6.07) is 14.1. The summed E-state index contributed by atoms with van der Waals surface area (Å²) in [4.78, 5) is 0. The van der Waals surface area contributed by atoms with Crippen LogP contribution in [0.25, 0.3) is 0 Å². The molecule has 106 valence electrons. The molecule has 0 spiro atoms. The predicted molar refractivity (Wildman–Crippen MR) is 77.4 cm³/mol. The van der Waals surface area contributed by atoms with E-state index >= 15 is 0 Å². The van der Waals surface area contributed by atoms with Crippen LogP contribution in [0.3, 0.4) is 0 Å². The minimum absolute atomic E-state index is 0.265. The van der Waals surface area contributed by atoms with Crippen molar-refractivity contribution < 1.29 is 14.2 Å². The summed E-state index contributed by atoms with van der Waals surface area (Å²) in [5.41, 5.74) is 1.84. The van der Waals surface area contributed by atoms with Gasteiger partial charge >= 0.3 is 0 Å². The number of hydrogen-bond donors (Lipinski definition) is 1. The number of halogens is 1. The minimum Gasteiger partial charge on any atom is -0.493 e. The van der Waals surface area contributed by atoms with Crippen LogP contribution in [-0.4, -0.2) is 17.8 Å². The first-order chi connectivity index (χ1) is 9.65. The largest absolute Gasteiger partial charge is 0.493 e. The fourth-order valence-electron chi connectivity index (χ4n) is 2.05. The Kier molecular flexibility index (Phi) is 5.13. The van der Waals surface area contributed by atoms with Crippen molar-refractivity contribution in [3.8, 4) is 5.75 Å². The van der Waals surface area contributed by atoms with Crippen LogP contribution >= 0.6 is 0 Å². The van der Waals surface area contributed by atoms with Gasteiger partial charge in [-0.3, -0.25) is 0 Å². The van der Waals surface area contributed by atoms with E-state index in [2.05, 4.69) is 0 Å². The molecule has 2 nitrogen and oxygen atoms in total. The van der Waals surface area contributed by atoms with Gasteiger partial charge in [0.05, 0.1) is 12.7 Å². The van der Waals surface area contributed by atoms with Crippen LogP contribution in [0, 0.1) is 12.7 Å². The lowest BCUT2D eigenvalue weighted by atomic mass is 10.0. The van der Waals surface area contributed by atoms with Crippen LogP contribution in [-0.2, 0) is 6.42 Å². The molecule has 0 amide bonds. The molecule has 0 radical (unpaired) electrons. The molecule has 0 fully saturated rings. The maximum Gasteiger partial charge on any atom is 0.123 e. The number of rotatable bonds is 6. The lowest BCUT2D eigenvalue weighted by Gasteiger charge is -2.13. The van der Waals surface area contributed by atoms with E-state index in [-0.39, 0.29) is 5.82 Å². The van der Waals surface area contributed by atoms with Gasteiger partial charge in [-0.2, -0.15) is 0 Å². The van der Waals surface area contributed by atoms with Gasteiger partial charge in [-0.25, -0.2) is 4.39 Å².